The van der Waals surface area contributed by atoms with E-state index in [4.69, 9.17) is 29.3 Å². The van der Waals surface area contributed by atoms with E-state index in [2.05, 4.69) is 55.4 Å². The van der Waals surface area contributed by atoms with E-state index in [-0.39, 0.29) is 65.6 Å². The van der Waals surface area contributed by atoms with Crippen molar-refractivity contribution >= 4 is 87.9 Å². The third-order valence-corrected chi connectivity index (χ3v) is 12.9. The zero-order chi connectivity index (χ0) is 83.3. The van der Waals surface area contributed by atoms with Gasteiger partial charge < -0.3 is 22.4 Å². The van der Waals surface area contributed by atoms with E-state index < -0.39 is 53.4 Å². The molecule has 9 aromatic rings. The molecular formula is C83H125Cl2N9O16Sn. The second-order valence-corrected chi connectivity index (χ2v) is 24.5. The molecule has 0 spiro atoms. The summed E-state index contributed by atoms with van der Waals surface area (Å²) in [6.07, 6.45) is 10.6. The summed E-state index contributed by atoms with van der Waals surface area (Å²) in [6.45, 7) is 39.3. The van der Waals surface area contributed by atoms with Crippen molar-refractivity contribution in [2.24, 2.45) is 0 Å². The average molecular weight is 1690 g/mol. The number of anilines is 2. The number of aryl methyl sites for hydroxylation is 1. The van der Waals surface area contributed by atoms with Crippen LogP contribution >= 0.6 is 17.8 Å². The van der Waals surface area contributed by atoms with Crippen molar-refractivity contribution in [2.75, 3.05) is 11.5 Å². The summed E-state index contributed by atoms with van der Waals surface area (Å²) in [5, 5.41) is 73.1. The summed E-state index contributed by atoms with van der Waals surface area (Å²) < 4.78 is 0. The van der Waals surface area contributed by atoms with E-state index >= 15 is 0 Å². The van der Waals surface area contributed by atoms with Gasteiger partial charge in [0, 0.05) is 96.3 Å². The molecule has 0 aliphatic heterocycles. The molecule has 0 atom stereocenters. The Kier molecular flexibility index (Phi) is 88.4. The molecule has 111 heavy (non-hydrogen) atoms. The van der Waals surface area contributed by atoms with Gasteiger partial charge in [-0.15, -0.1) is 0 Å². The fraction of sp³-hybridized carbons (Fsp3) is 0.349. The van der Waals surface area contributed by atoms with E-state index in [1.54, 1.807) is 84.9 Å². The molecule has 0 unspecified atom stereocenters. The molecular weight excluding hydrogens is 1570 g/mol. The number of benzene rings is 9. The number of hydrogen-bond acceptors (Lipinski definition) is 16. The van der Waals surface area contributed by atoms with Crippen molar-refractivity contribution in [1.29, 1.82) is 0 Å². The van der Waals surface area contributed by atoms with Crippen LogP contribution in [-0.2, 0) is 0 Å². The molecule has 0 bridgehead atoms. The maximum absolute atomic E-state index is 10.5. The Labute approximate surface area is 677 Å². The van der Waals surface area contributed by atoms with E-state index in [0.717, 1.165) is 61.4 Å². The first-order valence-electron chi connectivity index (χ1n) is 35.6. The molecule has 0 amide bonds. The Morgan fingerprint density at radius 3 is 0.423 bits per heavy atom. The monoisotopic (exact) mass is 1690 g/mol. The van der Waals surface area contributed by atoms with Gasteiger partial charge in [0.25, 0.3) is 39.8 Å². The van der Waals surface area contributed by atoms with Crippen LogP contribution in [0.3, 0.4) is 0 Å². The van der Waals surface area contributed by atoms with Crippen LogP contribution in [0.15, 0.2) is 218 Å². The van der Waals surface area contributed by atoms with Crippen molar-refractivity contribution in [1.82, 2.24) is 0 Å². The number of hydrogen-bond donors (Lipinski definition) is 2. The number of nitrogens with zero attached hydrogens (tertiary/aromatic N) is 7. The first-order chi connectivity index (χ1) is 51.2. The van der Waals surface area contributed by atoms with E-state index in [1.807, 2.05) is 125 Å². The molecule has 0 aromatic heterocycles. The summed E-state index contributed by atoms with van der Waals surface area (Å²) in [5.74, 6) is 0. The van der Waals surface area contributed by atoms with Gasteiger partial charge in [-0.1, -0.05) is 233 Å². The van der Waals surface area contributed by atoms with Gasteiger partial charge in [-0.25, -0.2) is 0 Å². The molecule has 0 saturated carbocycles. The van der Waals surface area contributed by atoms with Crippen molar-refractivity contribution in [2.45, 2.75) is 198 Å². The van der Waals surface area contributed by atoms with E-state index in [1.165, 1.54) is 136 Å². The minimum absolute atomic E-state index is 0. The van der Waals surface area contributed by atoms with Crippen LogP contribution in [0.4, 0.5) is 51.2 Å². The van der Waals surface area contributed by atoms with E-state index in [0.29, 0.717) is 0 Å². The zero-order valence-corrected chi connectivity index (χ0v) is 71.1. The van der Waals surface area contributed by atoms with Gasteiger partial charge in [-0.05, 0) is 148 Å². The zero-order valence-electron chi connectivity index (χ0n) is 66.7. The summed E-state index contributed by atoms with van der Waals surface area (Å²) in [6, 6.07) is 58.1. The number of non-ortho nitro benzene ring substituents is 7. The quantitative estimate of drug-likeness (QED) is 0.0417. The second kappa shape index (κ2) is 80.7. The Morgan fingerprint density at radius 2 is 0.333 bits per heavy atom. The summed E-state index contributed by atoms with van der Waals surface area (Å²) in [5.41, 5.74) is 21.0. The van der Waals surface area contributed by atoms with Gasteiger partial charge in [0.1, 0.15) is 0 Å². The Morgan fingerprint density at radius 1 is 0.243 bits per heavy atom. The number of nitrogen functional groups attached to an aromatic ring is 2. The molecule has 8 N–H and O–H groups in total. The molecule has 0 aliphatic rings. The van der Waals surface area contributed by atoms with Crippen LogP contribution in [0.25, 0.3) is 44.5 Å². The minimum atomic E-state index is -0.826. The van der Waals surface area contributed by atoms with Crippen molar-refractivity contribution in [3.63, 3.8) is 0 Å². The fourth-order valence-electron chi connectivity index (χ4n) is 6.67. The van der Waals surface area contributed by atoms with Crippen LogP contribution in [0, 0.1) is 77.7 Å². The molecule has 2 radical (unpaired) electrons. The van der Waals surface area contributed by atoms with Crippen LogP contribution in [0.5, 0.6) is 0 Å². The fourth-order valence-corrected chi connectivity index (χ4v) is 6.67. The van der Waals surface area contributed by atoms with Gasteiger partial charge in [0.2, 0.25) is 0 Å². The van der Waals surface area contributed by atoms with Gasteiger partial charge in [-0.3, -0.25) is 70.8 Å². The van der Waals surface area contributed by atoms with Gasteiger partial charge >= 0.3 is 36.7 Å². The first kappa shape index (κ1) is 122. The topological polar surface area (TPSA) is 417 Å². The maximum atomic E-state index is 10.5. The third kappa shape index (κ3) is 58.3. The molecule has 0 fully saturated rings. The summed E-state index contributed by atoms with van der Waals surface area (Å²) in [4.78, 5) is 69.9. The Bertz CT molecular complexity index is 3230. The number of halogens is 2. The predicted molar refractivity (Wildman–Crippen MR) is 471 cm³/mol. The number of rotatable bonds is 15. The Hall–Kier alpha value is -10.3. The molecule has 0 aliphatic carbocycles. The molecule has 0 heterocycles. The van der Waals surface area contributed by atoms with Gasteiger partial charge in [0.15, 0.2) is 0 Å². The molecule has 9 aromatic carbocycles. The van der Waals surface area contributed by atoms with Gasteiger partial charge in [0.05, 0.1) is 34.5 Å². The summed E-state index contributed by atoms with van der Waals surface area (Å²) in [7, 11) is 9.87. The molecule has 9 rings (SSSR count). The number of nitro groups is 7. The molecule has 25 nitrogen and oxygen atoms in total. The van der Waals surface area contributed by atoms with Crippen LogP contribution in [0.2, 0.25) is 0 Å². The second-order valence-electron chi connectivity index (χ2n) is 20.2. The van der Waals surface area contributed by atoms with Gasteiger partial charge in [-0.2, -0.15) is 0 Å². The summed E-state index contributed by atoms with van der Waals surface area (Å²) >= 11 is -0.826. The van der Waals surface area contributed by atoms with Crippen molar-refractivity contribution < 1.29 is 45.4 Å². The van der Waals surface area contributed by atoms with Crippen LogP contribution < -0.4 is 11.5 Å². The van der Waals surface area contributed by atoms with Crippen LogP contribution in [-0.4, -0.2) is 64.3 Å². The van der Waals surface area contributed by atoms with Crippen molar-refractivity contribution in [3.05, 3.63) is 295 Å². The standard InChI is InChI=1S/3C12H8N2O4.C12H12N2.C7H7NO2.4C4H10.5C2H6.2CH4.2ClH.2H2O.Sn/c3*15-13(16)11-5-1-9(2-6-11)10-3-7-12(8-4-10)14(17)18;13-11-5-1-9(2-6-11)10-3-7-12(14)8-4-10;1-6-2-4-7(5-3-6)8(9)10;4*1-3-4-2;5*1-2;;;;;;;/h3*1-8H;1-8H,13-14H2;2-5H,1H3;4*3-4H2,1-2H3;5*1-2H3;2*1H4;2*1H;2*1H2;/q;;;;;;;;;;;;;;;;;;;;+2/p-2. The SMILES string of the molecule is C.C.CC.CC.CC.CC.CC.CCCC.CCCC.CCCC.CCCC.Cc1ccc([N+](=O)[O-])cc1.Nc1ccc(-c2ccc(N)cc2)cc1.O.O.O=[N+]([O-])c1ccc(-c2ccc([N+](=O)[O-])cc2)cc1.O=[N+]([O-])c1ccc(-c2ccc([N+](=O)[O-])cc2)cc1.O=[N+]([O-])c1ccc(-c2ccc([N+](=O)[O-])cc2)cc1.[Cl][Sn][Cl]. The van der Waals surface area contributed by atoms with E-state index in [9.17, 15) is 70.8 Å². The first-order valence-corrected chi connectivity index (χ1v) is 42.9. The molecule has 28 heteroatoms. The molecule has 0 saturated heterocycles. The Balaban J connectivity index is -0.000000132. The van der Waals surface area contributed by atoms with Crippen molar-refractivity contribution in [3.8, 4) is 44.5 Å². The number of nitro benzene ring substituents is 7. The van der Waals surface area contributed by atoms with Crippen LogP contribution in [0.1, 0.15) is 196 Å². The average Bonchev–Trinajstić information content (AvgIpc) is 0.893. The normalized spacial score (nSPS) is 8.48. The number of unbranched alkanes of at least 4 members (excludes halogenated alkanes) is 4. The molecule has 616 valence electrons. The third-order valence-electron chi connectivity index (χ3n) is 12.9. The number of nitrogens with two attached hydrogens (primary N) is 2. The predicted octanol–water partition coefficient (Wildman–Crippen LogP) is 26.9.